The molecule has 1 saturated heterocycles. The van der Waals surface area contributed by atoms with E-state index in [-0.39, 0.29) is 22.3 Å². The van der Waals surface area contributed by atoms with Crippen molar-refractivity contribution >= 4 is 45.7 Å². The summed E-state index contributed by atoms with van der Waals surface area (Å²) in [5.41, 5.74) is 1.37. The number of anilines is 1. The van der Waals surface area contributed by atoms with Crippen LogP contribution in [0.5, 0.6) is 5.75 Å². The Hall–Kier alpha value is -4.09. The van der Waals surface area contributed by atoms with E-state index < -0.39 is 17.7 Å². The number of halogens is 1. The van der Waals surface area contributed by atoms with E-state index in [1.165, 1.54) is 29.8 Å². The van der Waals surface area contributed by atoms with Gasteiger partial charge in [0, 0.05) is 23.7 Å². The van der Waals surface area contributed by atoms with Crippen molar-refractivity contribution in [3.05, 3.63) is 101 Å². The van der Waals surface area contributed by atoms with Gasteiger partial charge in [0.15, 0.2) is 4.34 Å². The van der Waals surface area contributed by atoms with Crippen LogP contribution in [0.4, 0.5) is 9.52 Å². The fourth-order valence-corrected chi connectivity index (χ4v) is 5.76. The minimum Gasteiger partial charge on any atom is -0.507 e. The van der Waals surface area contributed by atoms with Gasteiger partial charge < -0.3 is 9.84 Å². The second-order valence-electron chi connectivity index (χ2n) is 7.91. The lowest BCUT2D eigenvalue weighted by atomic mass is 9.96. The number of pyridine rings is 1. The van der Waals surface area contributed by atoms with E-state index >= 15 is 0 Å². The summed E-state index contributed by atoms with van der Waals surface area (Å²) in [6.07, 6.45) is 3.08. The maximum atomic E-state index is 14.0. The van der Waals surface area contributed by atoms with Gasteiger partial charge in [-0.3, -0.25) is 19.5 Å². The van der Waals surface area contributed by atoms with E-state index in [0.29, 0.717) is 32.5 Å². The zero-order valence-corrected chi connectivity index (χ0v) is 21.0. The lowest BCUT2D eigenvalue weighted by Crippen LogP contribution is -2.29. The van der Waals surface area contributed by atoms with Gasteiger partial charge >= 0.3 is 5.91 Å². The molecule has 11 heteroatoms. The molecule has 0 bridgehead atoms. The highest BCUT2D eigenvalue weighted by molar-refractivity contribution is 8.00. The number of aliphatic hydroxyl groups is 1. The number of rotatable bonds is 7. The topological polar surface area (TPSA) is 106 Å². The number of Topliss-reactive ketones (excluding diaryl/α,β-unsaturated/α-hetero) is 1. The van der Waals surface area contributed by atoms with Crippen molar-refractivity contribution in [3.8, 4) is 5.75 Å². The average molecular weight is 535 g/mol. The van der Waals surface area contributed by atoms with Gasteiger partial charge in [0.05, 0.1) is 18.7 Å². The molecule has 1 fully saturated rings. The number of carbonyl (C=O) groups is 2. The molecule has 1 N–H and O–H groups in total. The lowest BCUT2D eigenvalue weighted by molar-refractivity contribution is -0.132. The van der Waals surface area contributed by atoms with Crippen molar-refractivity contribution in [1.82, 2.24) is 15.2 Å². The number of hydrogen-bond acceptors (Lipinski definition) is 9. The van der Waals surface area contributed by atoms with Gasteiger partial charge in [0.2, 0.25) is 5.13 Å². The third-order valence-corrected chi connectivity index (χ3v) is 7.85. The number of ether oxygens (including phenoxy) is 1. The van der Waals surface area contributed by atoms with Gasteiger partial charge in [-0.15, -0.1) is 10.2 Å². The molecular weight excluding hydrogens is 515 g/mol. The van der Waals surface area contributed by atoms with Gasteiger partial charge in [0.1, 0.15) is 17.3 Å². The predicted molar refractivity (Wildman–Crippen MR) is 138 cm³/mol. The molecule has 0 aliphatic carbocycles. The van der Waals surface area contributed by atoms with Crippen LogP contribution in [0.3, 0.4) is 0 Å². The first-order valence-corrected chi connectivity index (χ1v) is 12.8. The molecule has 0 spiro atoms. The maximum absolute atomic E-state index is 14.0. The largest absolute Gasteiger partial charge is 0.507 e. The molecule has 3 heterocycles. The number of ketones is 1. The molecule has 2 aromatic heterocycles. The molecule has 37 heavy (non-hydrogen) atoms. The number of benzene rings is 2. The molecule has 1 atom stereocenters. The monoisotopic (exact) mass is 534 g/mol. The first-order valence-electron chi connectivity index (χ1n) is 11.0. The molecule has 186 valence electrons. The summed E-state index contributed by atoms with van der Waals surface area (Å²) in [5.74, 6) is -1.40. The molecule has 0 saturated carbocycles. The highest BCUT2D eigenvalue weighted by Crippen LogP contribution is 2.44. The Morgan fingerprint density at radius 2 is 1.81 bits per heavy atom. The normalized spacial score (nSPS) is 16.8. The third-order valence-electron chi connectivity index (χ3n) is 5.74. The van der Waals surface area contributed by atoms with Crippen LogP contribution in [0.1, 0.15) is 22.7 Å². The molecule has 1 aliphatic rings. The second-order valence-corrected chi connectivity index (χ2v) is 10.1. The summed E-state index contributed by atoms with van der Waals surface area (Å²) in [4.78, 5) is 31.7. The first kappa shape index (κ1) is 24.6. The Morgan fingerprint density at radius 3 is 2.51 bits per heavy atom. The molecule has 1 amide bonds. The fourth-order valence-electron chi connectivity index (χ4n) is 3.91. The highest BCUT2D eigenvalue weighted by Gasteiger charge is 2.48. The molecular formula is C26H19FN4O4S2. The van der Waals surface area contributed by atoms with Crippen LogP contribution in [-0.4, -0.2) is 39.1 Å². The van der Waals surface area contributed by atoms with Crippen LogP contribution in [-0.2, 0) is 15.3 Å². The van der Waals surface area contributed by atoms with Gasteiger partial charge in [0.25, 0.3) is 5.78 Å². The van der Waals surface area contributed by atoms with Crippen LogP contribution >= 0.6 is 23.1 Å². The van der Waals surface area contributed by atoms with Crippen molar-refractivity contribution < 1.29 is 23.8 Å². The number of thioether (sulfide) groups is 1. The molecule has 4 aromatic rings. The Morgan fingerprint density at radius 1 is 1.08 bits per heavy atom. The number of aliphatic hydroxyl groups excluding tert-OH is 1. The predicted octanol–water partition coefficient (Wildman–Crippen LogP) is 5.00. The molecule has 1 aliphatic heterocycles. The van der Waals surface area contributed by atoms with Crippen molar-refractivity contribution in [3.63, 3.8) is 0 Å². The first-order chi connectivity index (χ1) is 18.0. The fraction of sp³-hybridized carbons (Fsp3) is 0.115. The molecule has 2 aromatic carbocycles. The lowest BCUT2D eigenvalue weighted by Gasteiger charge is -2.22. The van der Waals surface area contributed by atoms with Gasteiger partial charge in [-0.1, -0.05) is 41.3 Å². The molecule has 0 radical (unpaired) electrons. The molecule has 1 unspecified atom stereocenters. The summed E-state index contributed by atoms with van der Waals surface area (Å²) in [5, 5.41) is 19.6. The maximum Gasteiger partial charge on any atom is 0.301 e. The summed E-state index contributed by atoms with van der Waals surface area (Å²) in [6.45, 7) is 0. The van der Waals surface area contributed by atoms with Crippen molar-refractivity contribution in [1.29, 1.82) is 0 Å². The number of carbonyl (C=O) groups excluding carboxylic acids is 2. The summed E-state index contributed by atoms with van der Waals surface area (Å²) < 4.78 is 19.7. The van der Waals surface area contributed by atoms with E-state index in [0.717, 1.165) is 11.3 Å². The zero-order valence-electron chi connectivity index (χ0n) is 19.4. The Balaban J connectivity index is 1.52. The highest BCUT2D eigenvalue weighted by atomic mass is 32.2. The minimum atomic E-state index is -0.942. The quantitative estimate of drug-likeness (QED) is 0.116. The summed E-state index contributed by atoms with van der Waals surface area (Å²) in [7, 11) is 1.52. The van der Waals surface area contributed by atoms with E-state index in [9.17, 15) is 19.1 Å². The van der Waals surface area contributed by atoms with Gasteiger partial charge in [-0.05, 0) is 53.6 Å². The van der Waals surface area contributed by atoms with Crippen LogP contribution in [0, 0.1) is 5.82 Å². The van der Waals surface area contributed by atoms with Crippen LogP contribution < -0.4 is 9.64 Å². The van der Waals surface area contributed by atoms with Crippen molar-refractivity contribution in [2.75, 3.05) is 12.0 Å². The average Bonchev–Trinajstić information content (AvgIpc) is 3.50. The Bertz CT molecular complexity index is 1490. The number of methoxy groups -OCH3 is 1. The molecule has 5 rings (SSSR count). The smallest absolute Gasteiger partial charge is 0.301 e. The van der Waals surface area contributed by atoms with E-state index in [1.54, 1.807) is 67.0 Å². The van der Waals surface area contributed by atoms with Crippen LogP contribution in [0.2, 0.25) is 0 Å². The summed E-state index contributed by atoms with van der Waals surface area (Å²) >= 11 is 2.38. The number of amides is 1. The Kier molecular flexibility index (Phi) is 6.97. The van der Waals surface area contributed by atoms with Crippen molar-refractivity contribution in [2.24, 2.45) is 0 Å². The van der Waals surface area contributed by atoms with Crippen LogP contribution in [0.25, 0.3) is 5.76 Å². The number of aromatic nitrogens is 3. The zero-order chi connectivity index (χ0) is 25.9. The number of nitrogens with zero attached hydrogens (tertiary/aromatic N) is 4. The van der Waals surface area contributed by atoms with E-state index in [4.69, 9.17) is 4.74 Å². The SMILES string of the molecule is COc1ccc(/C(O)=C2/C(=O)C(=O)N(c3nnc(SCc4ccccc4F)s3)C2c2ccncc2)cc1. The molecule has 8 nitrogen and oxygen atoms in total. The van der Waals surface area contributed by atoms with Crippen molar-refractivity contribution in [2.45, 2.75) is 16.1 Å². The summed E-state index contributed by atoms with van der Waals surface area (Å²) in [6, 6.07) is 15.3. The Labute approximate surface area is 219 Å². The van der Waals surface area contributed by atoms with Crippen LogP contribution in [0.15, 0.2) is 83.0 Å². The number of hydrogen-bond donors (Lipinski definition) is 1. The second kappa shape index (κ2) is 10.5. The van der Waals surface area contributed by atoms with E-state index in [2.05, 4.69) is 15.2 Å². The standard InChI is InChI=1S/C26H19FN4O4S2/c1-35-18-8-6-16(7-9-18)22(32)20-21(15-10-12-28-13-11-15)31(24(34)23(20)33)25-29-30-26(37-25)36-14-17-4-2-3-5-19(17)27/h2-13,21,32H,14H2,1H3/b22-20-. The van der Waals surface area contributed by atoms with Gasteiger partial charge in [-0.2, -0.15) is 0 Å². The minimum absolute atomic E-state index is 0.0721. The van der Waals surface area contributed by atoms with Gasteiger partial charge in [-0.25, -0.2) is 4.39 Å². The third kappa shape index (κ3) is 4.83. The van der Waals surface area contributed by atoms with E-state index in [1.807, 2.05) is 0 Å².